The lowest BCUT2D eigenvalue weighted by atomic mass is 9.81. The molecule has 1 amide bonds. The van der Waals surface area contributed by atoms with Crippen LogP contribution < -0.4 is 10.6 Å². The molecule has 1 aromatic rings. The van der Waals surface area contributed by atoms with E-state index in [0.717, 1.165) is 23.1 Å². The van der Waals surface area contributed by atoms with Gasteiger partial charge in [0.1, 0.15) is 0 Å². The summed E-state index contributed by atoms with van der Waals surface area (Å²) in [4.78, 5) is 11.7. The van der Waals surface area contributed by atoms with E-state index in [1.165, 1.54) is 32.1 Å². The second kappa shape index (κ2) is 7.48. The molecule has 0 bridgehead atoms. The summed E-state index contributed by atoms with van der Waals surface area (Å²) in [6.45, 7) is 4.62. The Morgan fingerprint density at radius 2 is 2.14 bits per heavy atom. The first-order chi connectivity index (χ1) is 10.1. The Morgan fingerprint density at radius 1 is 1.33 bits per heavy atom. The van der Waals surface area contributed by atoms with E-state index in [1.807, 2.05) is 18.2 Å². The highest BCUT2D eigenvalue weighted by molar-refractivity contribution is 5.94. The van der Waals surface area contributed by atoms with Crippen LogP contribution in [0.1, 0.15) is 56.3 Å². The van der Waals surface area contributed by atoms with Gasteiger partial charge in [0, 0.05) is 24.3 Å². The molecule has 2 N–H and O–H groups in total. The van der Waals surface area contributed by atoms with Crippen LogP contribution in [-0.2, 0) is 0 Å². The number of carbonyl (C=O) groups excluding carboxylic acids is 1. The minimum absolute atomic E-state index is 0.0278. The minimum Gasteiger partial charge on any atom is -0.382 e. The number of hydrogen-bond acceptors (Lipinski definition) is 2. The van der Waals surface area contributed by atoms with E-state index in [1.54, 1.807) is 7.05 Å². The molecule has 0 aromatic heterocycles. The third kappa shape index (κ3) is 4.76. The summed E-state index contributed by atoms with van der Waals surface area (Å²) in [7, 11) is 1.67. The van der Waals surface area contributed by atoms with Crippen molar-refractivity contribution in [1.82, 2.24) is 5.32 Å². The third-order valence-corrected chi connectivity index (χ3v) is 4.31. The summed E-state index contributed by atoms with van der Waals surface area (Å²) in [5.41, 5.74) is 1.78. The molecule has 2 rings (SSSR count). The normalized spacial score (nSPS) is 22.1. The molecule has 3 heteroatoms. The highest BCUT2D eigenvalue weighted by Gasteiger charge is 2.22. The number of hydrogen-bond donors (Lipinski definition) is 2. The number of anilines is 1. The van der Waals surface area contributed by atoms with Crippen LogP contribution in [0.15, 0.2) is 24.3 Å². The van der Waals surface area contributed by atoms with Gasteiger partial charge in [-0.25, -0.2) is 0 Å². The van der Waals surface area contributed by atoms with Gasteiger partial charge in [-0.1, -0.05) is 32.8 Å². The van der Waals surface area contributed by atoms with Gasteiger partial charge in [0.25, 0.3) is 5.91 Å². The van der Waals surface area contributed by atoms with Crippen molar-refractivity contribution in [2.75, 3.05) is 12.4 Å². The maximum atomic E-state index is 11.7. The van der Waals surface area contributed by atoms with Crippen molar-refractivity contribution in [3.05, 3.63) is 29.8 Å². The molecule has 2 unspecified atom stereocenters. The Morgan fingerprint density at radius 3 is 2.86 bits per heavy atom. The highest BCUT2D eigenvalue weighted by Crippen LogP contribution is 2.31. The Hall–Kier alpha value is -1.51. The van der Waals surface area contributed by atoms with Crippen LogP contribution in [0, 0.1) is 11.8 Å². The zero-order valence-electron chi connectivity index (χ0n) is 13.5. The number of rotatable bonds is 5. The quantitative estimate of drug-likeness (QED) is 0.857. The Kier molecular flexibility index (Phi) is 5.66. The van der Waals surface area contributed by atoms with Gasteiger partial charge in [-0.2, -0.15) is 0 Å². The minimum atomic E-state index is -0.0278. The molecule has 21 heavy (non-hydrogen) atoms. The Balaban J connectivity index is 1.96. The zero-order chi connectivity index (χ0) is 15.2. The molecule has 1 fully saturated rings. The van der Waals surface area contributed by atoms with Crippen LogP contribution in [0.5, 0.6) is 0 Å². The second-order valence-electron chi connectivity index (χ2n) is 6.66. The van der Waals surface area contributed by atoms with Crippen LogP contribution in [0.25, 0.3) is 0 Å². The van der Waals surface area contributed by atoms with Crippen LogP contribution in [0.3, 0.4) is 0 Å². The van der Waals surface area contributed by atoms with Crippen molar-refractivity contribution in [3.8, 4) is 0 Å². The average molecular weight is 288 g/mol. The van der Waals surface area contributed by atoms with Gasteiger partial charge in [-0.3, -0.25) is 4.79 Å². The zero-order valence-corrected chi connectivity index (χ0v) is 13.5. The maximum absolute atomic E-state index is 11.7. The lowest BCUT2D eigenvalue weighted by Crippen LogP contribution is -2.28. The van der Waals surface area contributed by atoms with Gasteiger partial charge in [0.15, 0.2) is 0 Å². The van der Waals surface area contributed by atoms with Gasteiger partial charge in [-0.15, -0.1) is 0 Å². The van der Waals surface area contributed by atoms with Crippen molar-refractivity contribution in [2.45, 2.75) is 52.0 Å². The molecule has 0 spiro atoms. The van der Waals surface area contributed by atoms with Crippen molar-refractivity contribution in [2.24, 2.45) is 11.8 Å². The van der Waals surface area contributed by atoms with Gasteiger partial charge < -0.3 is 10.6 Å². The Labute approximate surface area is 128 Å². The van der Waals surface area contributed by atoms with Gasteiger partial charge in [-0.05, 0) is 49.3 Å². The molecule has 1 aliphatic rings. The van der Waals surface area contributed by atoms with E-state index in [0.29, 0.717) is 6.04 Å². The van der Waals surface area contributed by atoms with Crippen LogP contribution in [0.4, 0.5) is 5.69 Å². The number of carbonyl (C=O) groups is 1. The van der Waals surface area contributed by atoms with E-state index in [4.69, 9.17) is 0 Å². The van der Waals surface area contributed by atoms with E-state index >= 15 is 0 Å². The summed E-state index contributed by atoms with van der Waals surface area (Å²) in [5.74, 6) is 1.60. The van der Waals surface area contributed by atoms with E-state index in [-0.39, 0.29) is 5.91 Å². The summed E-state index contributed by atoms with van der Waals surface area (Å²) in [5, 5.41) is 6.30. The highest BCUT2D eigenvalue weighted by atomic mass is 16.1. The molecule has 1 aromatic carbocycles. The standard InChI is InChI=1S/C18H28N2O/c1-13(2)10-14-6-4-8-16(11-14)20-17-9-5-7-15(12-17)18(21)19-3/h5,7,9,12-14,16,20H,4,6,8,10-11H2,1-3H3,(H,19,21). The molecule has 116 valence electrons. The predicted octanol–water partition coefficient (Wildman–Crippen LogP) is 4.06. The number of benzene rings is 1. The molecule has 0 saturated heterocycles. The maximum Gasteiger partial charge on any atom is 0.251 e. The molecule has 0 aliphatic heterocycles. The van der Waals surface area contributed by atoms with E-state index in [2.05, 4.69) is 30.5 Å². The fraction of sp³-hybridized carbons (Fsp3) is 0.611. The SMILES string of the molecule is CNC(=O)c1cccc(NC2CCCC(CC(C)C)C2)c1. The topological polar surface area (TPSA) is 41.1 Å². The molecule has 3 nitrogen and oxygen atoms in total. The second-order valence-corrected chi connectivity index (χ2v) is 6.66. The van der Waals surface area contributed by atoms with Crippen molar-refractivity contribution < 1.29 is 4.79 Å². The fourth-order valence-electron chi connectivity index (χ4n) is 3.43. The average Bonchev–Trinajstić information content (AvgIpc) is 2.46. The number of nitrogens with one attached hydrogen (secondary N) is 2. The van der Waals surface area contributed by atoms with Crippen LogP contribution in [-0.4, -0.2) is 19.0 Å². The molecule has 1 saturated carbocycles. The first-order valence-electron chi connectivity index (χ1n) is 8.17. The first kappa shape index (κ1) is 15.9. The van der Waals surface area contributed by atoms with Gasteiger partial charge in [0.05, 0.1) is 0 Å². The van der Waals surface area contributed by atoms with Crippen molar-refractivity contribution >= 4 is 11.6 Å². The van der Waals surface area contributed by atoms with Crippen molar-refractivity contribution in [3.63, 3.8) is 0 Å². The molecule has 2 atom stereocenters. The predicted molar refractivity (Wildman–Crippen MR) is 88.7 cm³/mol. The molecule has 0 radical (unpaired) electrons. The summed E-state index contributed by atoms with van der Waals surface area (Å²) in [6.07, 6.45) is 6.50. The third-order valence-electron chi connectivity index (χ3n) is 4.31. The monoisotopic (exact) mass is 288 g/mol. The fourth-order valence-corrected chi connectivity index (χ4v) is 3.43. The van der Waals surface area contributed by atoms with E-state index < -0.39 is 0 Å². The van der Waals surface area contributed by atoms with Gasteiger partial charge >= 0.3 is 0 Å². The molecular formula is C18H28N2O. The largest absolute Gasteiger partial charge is 0.382 e. The first-order valence-corrected chi connectivity index (χ1v) is 8.17. The van der Waals surface area contributed by atoms with Gasteiger partial charge in [0.2, 0.25) is 0 Å². The molecule has 1 aliphatic carbocycles. The summed E-state index contributed by atoms with van der Waals surface area (Å²) < 4.78 is 0. The van der Waals surface area contributed by atoms with E-state index in [9.17, 15) is 4.79 Å². The summed E-state index contributed by atoms with van der Waals surface area (Å²) in [6, 6.07) is 8.35. The smallest absolute Gasteiger partial charge is 0.251 e. The molecule has 0 heterocycles. The van der Waals surface area contributed by atoms with Crippen LogP contribution >= 0.6 is 0 Å². The number of amides is 1. The molecular weight excluding hydrogens is 260 g/mol. The van der Waals surface area contributed by atoms with Crippen molar-refractivity contribution in [1.29, 1.82) is 0 Å². The van der Waals surface area contributed by atoms with Crippen LogP contribution in [0.2, 0.25) is 0 Å². The Bertz CT molecular complexity index is 470. The lowest BCUT2D eigenvalue weighted by molar-refractivity contribution is 0.0963. The lowest BCUT2D eigenvalue weighted by Gasteiger charge is -2.31. The summed E-state index contributed by atoms with van der Waals surface area (Å²) >= 11 is 0.